The average molecular weight is 219 g/mol. The highest BCUT2D eigenvalue weighted by Gasteiger charge is 2.20. The van der Waals surface area contributed by atoms with Crippen LogP contribution in [0.5, 0.6) is 0 Å². The normalized spacial score (nSPS) is 21.5. The number of hydrogen-bond acceptors (Lipinski definition) is 2. The summed E-state index contributed by atoms with van der Waals surface area (Å²) in [5.41, 5.74) is 2.83. The fraction of sp³-hybridized carbons (Fsp3) is 0.571. The third kappa shape index (κ3) is 2.83. The number of rotatable bonds is 4. The highest BCUT2D eigenvalue weighted by Crippen LogP contribution is 2.26. The van der Waals surface area contributed by atoms with E-state index in [0.717, 1.165) is 12.8 Å². The van der Waals surface area contributed by atoms with Gasteiger partial charge in [0.25, 0.3) is 0 Å². The summed E-state index contributed by atoms with van der Waals surface area (Å²) in [4.78, 5) is 2.39. The Morgan fingerprint density at radius 3 is 3.00 bits per heavy atom. The van der Waals surface area contributed by atoms with Crippen molar-refractivity contribution in [2.45, 2.75) is 25.2 Å². The van der Waals surface area contributed by atoms with Crippen molar-refractivity contribution < 1.29 is 5.11 Å². The number of hydrogen-bond donors (Lipinski definition) is 1. The lowest BCUT2D eigenvalue weighted by Gasteiger charge is -2.12. The molecule has 0 radical (unpaired) electrons. The number of aliphatic hydroxyl groups is 1. The van der Waals surface area contributed by atoms with E-state index < -0.39 is 0 Å². The Balaban J connectivity index is 2.04. The van der Waals surface area contributed by atoms with Crippen LogP contribution in [0, 0.1) is 0 Å². The Kier molecular flexibility index (Phi) is 3.97. The summed E-state index contributed by atoms with van der Waals surface area (Å²) in [5.74, 6) is 0.707. The summed E-state index contributed by atoms with van der Waals surface area (Å²) in [5, 5.41) is 8.84. The zero-order chi connectivity index (χ0) is 11.4. The second-order valence-corrected chi connectivity index (χ2v) is 4.82. The first-order chi connectivity index (χ1) is 7.79. The van der Waals surface area contributed by atoms with Gasteiger partial charge in [-0.25, -0.2) is 0 Å². The Labute approximate surface area is 97.9 Å². The maximum Gasteiger partial charge on any atom is 0.0434 e. The smallest absolute Gasteiger partial charge is 0.0434 e. The second kappa shape index (κ2) is 5.46. The van der Waals surface area contributed by atoms with Gasteiger partial charge in [0.2, 0.25) is 0 Å². The van der Waals surface area contributed by atoms with E-state index in [4.69, 9.17) is 5.11 Å². The second-order valence-electron chi connectivity index (χ2n) is 4.82. The Hall–Kier alpha value is -0.860. The van der Waals surface area contributed by atoms with Crippen molar-refractivity contribution in [1.29, 1.82) is 0 Å². The van der Waals surface area contributed by atoms with Crippen LogP contribution in [0.25, 0.3) is 0 Å². The molecule has 0 aliphatic carbocycles. The lowest BCUT2D eigenvalue weighted by molar-refractivity contribution is 0.288. The molecule has 0 saturated carbocycles. The Morgan fingerprint density at radius 2 is 2.31 bits per heavy atom. The van der Waals surface area contributed by atoms with Gasteiger partial charge in [-0.3, -0.25) is 0 Å². The molecule has 1 atom stereocenters. The fourth-order valence-corrected chi connectivity index (χ4v) is 2.49. The molecule has 0 spiro atoms. The van der Waals surface area contributed by atoms with Crippen molar-refractivity contribution >= 4 is 0 Å². The van der Waals surface area contributed by atoms with Crippen molar-refractivity contribution in [1.82, 2.24) is 4.90 Å². The molecule has 1 heterocycles. The van der Waals surface area contributed by atoms with Gasteiger partial charge >= 0.3 is 0 Å². The van der Waals surface area contributed by atoms with Crippen LogP contribution in [0.15, 0.2) is 24.3 Å². The molecule has 88 valence electrons. The molecule has 1 N–H and O–H groups in total. The summed E-state index contributed by atoms with van der Waals surface area (Å²) in [6.07, 6.45) is 3.14. The molecule has 16 heavy (non-hydrogen) atoms. The van der Waals surface area contributed by atoms with E-state index in [2.05, 4.69) is 36.2 Å². The van der Waals surface area contributed by atoms with Crippen molar-refractivity contribution in [2.75, 3.05) is 26.7 Å². The van der Waals surface area contributed by atoms with E-state index in [1.54, 1.807) is 0 Å². The fourth-order valence-electron chi connectivity index (χ4n) is 2.49. The van der Waals surface area contributed by atoms with E-state index in [9.17, 15) is 0 Å². The van der Waals surface area contributed by atoms with Crippen LogP contribution in [0.1, 0.15) is 29.9 Å². The highest BCUT2D eigenvalue weighted by atomic mass is 16.2. The lowest BCUT2D eigenvalue weighted by Crippen LogP contribution is -2.13. The van der Waals surface area contributed by atoms with Crippen molar-refractivity contribution in [2.24, 2.45) is 0 Å². The molecule has 2 nitrogen and oxygen atoms in total. The molecule has 1 aliphatic heterocycles. The molecular formula is C14H21NO. The molecule has 0 bridgehead atoms. The summed E-state index contributed by atoms with van der Waals surface area (Å²) in [6, 6.07) is 8.88. The van der Waals surface area contributed by atoms with Gasteiger partial charge in [0.15, 0.2) is 0 Å². The van der Waals surface area contributed by atoms with E-state index in [-0.39, 0.29) is 6.61 Å². The summed E-state index contributed by atoms with van der Waals surface area (Å²) in [7, 11) is 2.19. The zero-order valence-electron chi connectivity index (χ0n) is 10.0. The number of likely N-dealkylation sites (tertiary alicyclic amines) is 1. The van der Waals surface area contributed by atoms with Crippen molar-refractivity contribution in [3.63, 3.8) is 0 Å². The SMILES string of the molecule is CN1CCC(c2cccc(CCCO)c2)C1. The third-order valence-corrected chi connectivity index (χ3v) is 3.44. The standard InChI is InChI=1S/C14H21NO/c1-15-8-7-14(11-15)13-6-2-4-12(10-13)5-3-9-16/h2,4,6,10,14,16H,3,5,7-9,11H2,1H3. The van der Waals surface area contributed by atoms with Gasteiger partial charge in [0, 0.05) is 13.2 Å². The Morgan fingerprint density at radius 1 is 1.44 bits per heavy atom. The molecule has 1 unspecified atom stereocenters. The number of benzene rings is 1. The molecule has 0 aromatic heterocycles. The minimum absolute atomic E-state index is 0.288. The summed E-state index contributed by atoms with van der Waals surface area (Å²) >= 11 is 0. The molecule has 1 saturated heterocycles. The van der Waals surface area contributed by atoms with Crippen LogP contribution in [-0.2, 0) is 6.42 Å². The highest BCUT2D eigenvalue weighted by molar-refractivity contribution is 5.27. The quantitative estimate of drug-likeness (QED) is 0.837. The largest absolute Gasteiger partial charge is 0.396 e. The van der Waals surface area contributed by atoms with Gasteiger partial charge in [-0.2, -0.15) is 0 Å². The van der Waals surface area contributed by atoms with Gasteiger partial charge in [-0.15, -0.1) is 0 Å². The topological polar surface area (TPSA) is 23.5 Å². The van der Waals surface area contributed by atoms with Crippen LogP contribution < -0.4 is 0 Å². The summed E-state index contributed by atoms with van der Waals surface area (Å²) in [6.45, 7) is 2.69. The minimum Gasteiger partial charge on any atom is -0.396 e. The molecule has 1 aromatic carbocycles. The zero-order valence-corrected chi connectivity index (χ0v) is 10.0. The minimum atomic E-state index is 0.288. The Bertz CT molecular complexity index is 337. The lowest BCUT2D eigenvalue weighted by atomic mass is 9.95. The van der Waals surface area contributed by atoms with E-state index in [1.807, 2.05) is 0 Å². The predicted molar refractivity (Wildman–Crippen MR) is 66.7 cm³/mol. The number of likely N-dealkylation sites (N-methyl/N-ethyl adjacent to an activating group) is 1. The van der Waals surface area contributed by atoms with Gasteiger partial charge < -0.3 is 10.0 Å². The van der Waals surface area contributed by atoms with Crippen LogP contribution in [0.4, 0.5) is 0 Å². The molecule has 2 rings (SSSR count). The maximum absolute atomic E-state index is 8.84. The van der Waals surface area contributed by atoms with Gasteiger partial charge in [0.05, 0.1) is 0 Å². The monoisotopic (exact) mass is 219 g/mol. The maximum atomic E-state index is 8.84. The van der Waals surface area contributed by atoms with E-state index >= 15 is 0 Å². The first kappa shape index (κ1) is 11.6. The van der Waals surface area contributed by atoms with Crippen LogP contribution in [-0.4, -0.2) is 36.8 Å². The van der Waals surface area contributed by atoms with Crippen molar-refractivity contribution in [3.8, 4) is 0 Å². The van der Waals surface area contributed by atoms with E-state index in [1.165, 1.54) is 30.6 Å². The van der Waals surface area contributed by atoms with Gasteiger partial charge in [-0.1, -0.05) is 24.3 Å². The predicted octanol–water partition coefficient (Wildman–Crippen LogP) is 2.03. The molecule has 2 heteroatoms. The molecular weight excluding hydrogens is 198 g/mol. The van der Waals surface area contributed by atoms with Crippen LogP contribution >= 0.6 is 0 Å². The number of nitrogens with zero attached hydrogens (tertiary/aromatic N) is 1. The molecule has 1 aromatic rings. The van der Waals surface area contributed by atoms with Gasteiger partial charge in [0.1, 0.15) is 0 Å². The number of aryl methyl sites for hydroxylation is 1. The van der Waals surface area contributed by atoms with Crippen LogP contribution in [0.2, 0.25) is 0 Å². The first-order valence-corrected chi connectivity index (χ1v) is 6.18. The van der Waals surface area contributed by atoms with E-state index in [0.29, 0.717) is 5.92 Å². The molecule has 1 aliphatic rings. The third-order valence-electron chi connectivity index (χ3n) is 3.44. The number of aliphatic hydroxyl groups excluding tert-OH is 1. The van der Waals surface area contributed by atoms with Crippen molar-refractivity contribution in [3.05, 3.63) is 35.4 Å². The summed E-state index contributed by atoms with van der Waals surface area (Å²) < 4.78 is 0. The first-order valence-electron chi connectivity index (χ1n) is 6.18. The molecule has 0 amide bonds. The van der Waals surface area contributed by atoms with Crippen LogP contribution in [0.3, 0.4) is 0 Å². The molecule has 1 fully saturated rings. The van der Waals surface area contributed by atoms with Gasteiger partial charge in [-0.05, 0) is 49.9 Å². The average Bonchev–Trinajstić information content (AvgIpc) is 2.74.